The van der Waals surface area contributed by atoms with Crippen molar-refractivity contribution in [3.05, 3.63) is 32.0 Å². The van der Waals surface area contributed by atoms with Gasteiger partial charge in [-0.05, 0) is 75.3 Å². The first-order valence-corrected chi connectivity index (χ1v) is 17.8. The van der Waals surface area contributed by atoms with Crippen molar-refractivity contribution in [1.82, 2.24) is 0 Å². The molecule has 50 heavy (non-hydrogen) atoms. The highest BCUT2D eigenvalue weighted by Gasteiger charge is 2.84. The van der Waals surface area contributed by atoms with E-state index in [2.05, 4.69) is 0 Å². The van der Waals surface area contributed by atoms with Gasteiger partial charge in [-0.1, -0.05) is 26.7 Å². The number of halogens is 8. The zero-order valence-electron chi connectivity index (χ0n) is 27.2. The molecule has 2 aromatic heterocycles. The van der Waals surface area contributed by atoms with Gasteiger partial charge in [-0.2, -0.15) is 35.1 Å². The summed E-state index contributed by atoms with van der Waals surface area (Å²) >= 11 is 1.17. The van der Waals surface area contributed by atoms with Crippen LogP contribution >= 0.6 is 22.7 Å². The molecule has 0 unspecified atom stereocenters. The van der Waals surface area contributed by atoms with E-state index in [1.54, 1.807) is 13.8 Å². The summed E-state index contributed by atoms with van der Waals surface area (Å²) < 4.78 is 131. The predicted molar refractivity (Wildman–Crippen MR) is 169 cm³/mol. The fourth-order valence-corrected chi connectivity index (χ4v) is 8.21. The number of rotatable bonds is 13. The van der Waals surface area contributed by atoms with E-state index in [1.807, 2.05) is 0 Å². The molecule has 0 saturated heterocycles. The Morgan fingerprint density at radius 3 is 1.26 bits per heavy atom. The van der Waals surface area contributed by atoms with Gasteiger partial charge in [0.1, 0.15) is 10.0 Å². The molecule has 2 N–H and O–H groups in total. The highest BCUT2D eigenvalue weighted by Crippen LogP contribution is 2.54. The Morgan fingerprint density at radius 2 is 0.920 bits per heavy atom. The van der Waals surface area contributed by atoms with Gasteiger partial charge in [-0.3, -0.25) is 9.59 Å². The van der Waals surface area contributed by atoms with Crippen LogP contribution in [0.2, 0.25) is 0 Å². The van der Waals surface area contributed by atoms with Gasteiger partial charge in [-0.25, -0.2) is 9.59 Å². The summed E-state index contributed by atoms with van der Waals surface area (Å²) in [7, 11) is 0. The molecular weight excluding hydrogens is 724 g/mol. The SMILES string of the molecule is CCCOC(=O)c1c(NC(=O)C(F)(F)C(F)(F)C(F)(F)C(F)(F)C(=O)Nc2sc3c(c2C(=O)OCCC)CCCCC3)sc2c1CCCCC2. The number of esters is 2. The van der Waals surface area contributed by atoms with Crippen LogP contribution < -0.4 is 10.6 Å². The second kappa shape index (κ2) is 15.5. The minimum atomic E-state index is -7.16. The second-order valence-corrected chi connectivity index (χ2v) is 14.2. The van der Waals surface area contributed by atoms with Gasteiger partial charge >= 0.3 is 47.4 Å². The van der Waals surface area contributed by atoms with Crippen LogP contribution in [0.3, 0.4) is 0 Å². The number of hydrogen-bond donors (Lipinski definition) is 2. The van der Waals surface area contributed by atoms with E-state index in [0.29, 0.717) is 94.9 Å². The van der Waals surface area contributed by atoms with Crippen molar-refractivity contribution in [1.29, 1.82) is 0 Å². The number of ether oxygens (including phenoxy) is 2. The number of carbonyl (C=O) groups is 4. The van der Waals surface area contributed by atoms with Crippen molar-refractivity contribution < 1.29 is 63.8 Å². The van der Waals surface area contributed by atoms with Crippen molar-refractivity contribution in [3.8, 4) is 0 Å². The van der Waals surface area contributed by atoms with Gasteiger partial charge in [0, 0.05) is 9.75 Å². The van der Waals surface area contributed by atoms with Crippen molar-refractivity contribution in [2.24, 2.45) is 0 Å². The lowest BCUT2D eigenvalue weighted by atomic mass is 9.97. The first kappa shape index (κ1) is 39.5. The maximum absolute atomic E-state index is 15.1. The Kier molecular flexibility index (Phi) is 12.3. The van der Waals surface area contributed by atoms with Gasteiger partial charge < -0.3 is 20.1 Å². The van der Waals surface area contributed by atoms with Crippen LogP contribution in [-0.2, 0) is 44.7 Å². The zero-order valence-corrected chi connectivity index (χ0v) is 28.8. The Balaban J connectivity index is 1.63. The Bertz CT molecular complexity index is 1490. The molecule has 2 amide bonds. The molecule has 2 aliphatic rings. The van der Waals surface area contributed by atoms with Crippen LogP contribution in [0.25, 0.3) is 0 Å². The van der Waals surface area contributed by atoms with Crippen LogP contribution in [0.1, 0.15) is 107 Å². The first-order valence-electron chi connectivity index (χ1n) is 16.2. The number of alkyl halides is 8. The molecule has 2 aliphatic carbocycles. The van der Waals surface area contributed by atoms with E-state index in [9.17, 15) is 19.2 Å². The average Bonchev–Trinajstić information content (AvgIpc) is 3.34. The summed E-state index contributed by atoms with van der Waals surface area (Å²) in [6, 6.07) is 0. The number of thiophene rings is 2. The molecule has 2 aromatic rings. The van der Waals surface area contributed by atoms with E-state index < -0.39 is 68.6 Å². The molecule has 278 valence electrons. The minimum Gasteiger partial charge on any atom is -0.462 e. The van der Waals surface area contributed by atoms with E-state index in [1.165, 1.54) is 10.6 Å². The van der Waals surface area contributed by atoms with E-state index in [-0.39, 0.29) is 26.1 Å². The lowest BCUT2D eigenvalue weighted by Crippen LogP contribution is -2.67. The monoisotopic (exact) mass is 760 g/mol. The number of fused-ring (bicyclic) bond motifs is 2. The van der Waals surface area contributed by atoms with Gasteiger partial charge in [0.2, 0.25) is 0 Å². The maximum Gasteiger partial charge on any atom is 0.393 e. The number of amides is 2. The quantitative estimate of drug-likeness (QED) is 0.120. The molecule has 0 radical (unpaired) electrons. The van der Waals surface area contributed by atoms with Crippen LogP contribution in [0.4, 0.5) is 45.1 Å². The fraction of sp³-hybridized carbons (Fsp3) is 0.625. The number of nitrogens with one attached hydrogen (secondary N) is 2. The van der Waals surface area contributed by atoms with E-state index >= 15 is 35.1 Å². The van der Waals surface area contributed by atoms with Gasteiger partial charge in [0.25, 0.3) is 0 Å². The molecule has 0 spiro atoms. The third kappa shape index (κ3) is 7.37. The largest absolute Gasteiger partial charge is 0.462 e. The smallest absolute Gasteiger partial charge is 0.393 e. The summed E-state index contributed by atoms with van der Waals surface area (Å²) in [6.45, 7) is 3.06. The Hall–Kier alpha value is -3.28. The highest BCUT2D eigenvalue weighted by molar-refractivity contribution is 7.17. The number of anilines is 2. The van der Waals surface area contributed by atoms with Gasteiger partial charge in [0.15, 0.2) is 0 Å². The van der Waals surface area contributed by atoms with Crippen LogP contribution in [0.15, 0.2) is 0 Å². The number of hydrogen-bond acceptors (Lipinski definition) is 8. The number of carbonyl (C=O) groups excluding carboxylic acids is 4. The molecule has 4 rings (SSSR count). The van der Waals surface area contributed by atoms with Crippen LogP contribution in [0.5, 0.6) is 0 Å². The summed E-state index contributed by atoms with van der Waals surface area (Å²) in [6.07, 6.45) is 5.66. The number of aryl methyl sites for hydroxylation is 2. The fourth-order valence-electron chi connectivity index (χ4n) is 5.67. The Labute approximate surface area is 290 Å². The van der Waals surface area contributed by atoms with Crippen molar-refractivity contribution in [3.63, 3.8) is 0 Å². The molecule has 8 nitrogen and oxygen atoms in total. The third-order valence-corrected chi connectivity index (χ3v) is 10.7. The van der Waals surface area contributed by atoms with Crippen LogP contribution in [0, 0.1) is 0 Å². The standard InChI is InChI=1S/C32H36F8N2O6S2/c1-3-15-47-25(43)21-17-11-7-5-9-13-19(17)49-23(21)41-27(45)29(33,34)31(37,38)32(39,40)30(35,36)28(46)42-24-22(26(44)48-16-4-2)18-12-8-6-10-14-20(18)50-24/h3-16H2,1-2H3,(H,41,45)(H,42,46). The summed E-state index contributed by atoms with van der Waals surface area (Å²) in [5.74, 6) is -35.8. The summed E-state index contributed by atoms with van der Waals surface area (Å²) in [5.41, 5.74) is -0.188. The molecule has 0 atom stereocenters. The highest BCUT2D eigenvalue weighted by atomic mass is 32.1. The molecule has 0 aromatic carbocycles. The topological polar surface area (TPSA) is 111 Å². The average molecular weight is 761 g/mol. The molecular formula is C32H36F8N2O6S2. The Morgan fingerprint density at radius 1 is 0.580 bits per heavy atom. The molecule has 0 fully saturated rings. The van der Waals surface area contributed by atoms with Crippen molar-refractivity contribution in [2.45, 2.75) is 115 Å². The van der Waals surface area contributed by atoms with Crippen molar-refractivity contribution in [2.75, 3.05) is 23.8 Å². The third-order valence-electron chi connectivity index (χ3n) is 8.33. The lowest BCUT2D eigenvalue weighted by Gasteiger charge is -2.35. The van der Waals surface area contributed by atoms with Gasteiger partial charge in [-0.15, -0.1) is 22.7 Å². The lowest BCUT2D eigenvalue weighted by molar-refractivity contribution is -0.345. The molecule has 0 aliphatic heterocycles. The normalized spacial score (nSPS) is 15.6. The van der Waals surface area contributed by atoms with Crippen LogP contribution in [-0.4, -0.2) is 60.7 Å². The van der Waals surface area contributed by atoms with Gasteiger partial charge in [0.05, 0.1) is 24.3 Å². The molecule has 2 heterocycles. The summed E-state index contributed by atoms with van der Waals surface area (Å²) in [4.78, 5) is 51.8. The molecule has 18 heteroatoms. The predicted octanol–water partition coefficient (Wildman–Crippen LogP) is 8.60. The van der Waals surface area contributed by atoms with E-state index in [0.717, 1.165) is 12.8 Å². The van der Waals surface area contributed by atoms with E-state index in [4.69, 9.17) is 9.47 Å². The maximum atomic E-state index is 15.1. The van der Waals surface area contributed by atoms with Crippen molar-refractivity contribution >= 4 is 56.4 Å². The zero-order chi connectivity index (χ0) is 37.1. The summed E-state index contributed by atoms with van der Waals surface area (Å²) in [5, 5.41) is 1.37. The second-order valence-electron chi connectivity index (χ2n) is 12.0. The minimum absolute atomic E-state index is 0.121. The first-order chi connectivity index (χ1) is 23.4. The molecule has 0 bridgehead atoms. The molecule has 0 saturated carbocycles.